The summed E-state index contributed by atoms with van der Waals surface area (Å²) < 4.78 is 2.03. The standard InChI is InChI=1S/C8H9BrN2O/c1-2-3-4-11-6-10-5-7(9)8(11)12/h2-3,5-6H,4H2,1H3/b3-2+. The molecule has 1 aromatic rings. The van der Waals surface area contributed by atoms with Crippen LogP contribution in [-0.4, -0.2) is 9.55 Å². The van der Waals surface area contributed by atoms with Gasteiger partial charge in [-0.3, -0.25) is 9.36 Å². The van der Waals surface area contributed by atoms with E-state index in [9.17, 15) is 4.79 Å². The lowest BCUT2D eigenvalue weighted by atomic mass is 10.5. The molecule has 0 amide bonds. The second-order valence-corrected chi connectivity index (χ2v) is 3.12. The zero-order valence-electron chi connectivity index (χ0n) is 6.70. The zero-order chi connectivity index (χ0) is 8.97. The van der Waals surface area contributed by atoms with E-state index in [4.69, 9.17) is 0 Å². The number of rotatable bonds is 2. The third-order valence-electron chi connectivity index (χ3n) is 1.40. The molecule has 0 spiro atoms. The molecule has 0 aliphatic heterocycles. The van der Waals surface area contributed by atoms with E-state index in [-0.39, 0.29) is 5.56 Å². The largest absolute Gasteiger partial charge is 0.294 e. The molecule has 0 radical (unpaired) electrons. The van der Waals surface area contributed by atoms with E-state index in [2.05, 4.69) is 20.9 Å². The Bertz CT molecular complexity index is 343. The molecule has 0 fully saturated rings. The Morgan fingerprint density at radius 1 is 1.75 bits per heavy atom. The third kappa shape index (κ3) is 2.04. The minimum absolute atomic E-state index is 0.0527. The van der Waals surface area contributed by atoms with Gasteiger partial charge in [-0.1, -0.05) is 12.2 Å². The fourth-order valence-corrected chi connectivity index (χ4v) is 1.12. The van der Waals surface area contributed by atoms with Crippen LogP contribution >= 0.6 is 15.9 Å². The predicted molar refractivity (Wildman–Crippen MR) is 51.0 cm³/mol. The van der Waals surface area contributed by atoms with Crippen molar-refractivity contribution in [1.82, 2.24) is 9.55 Å². The predicted octanol–water partition coefficient (Wildman–Crippen LogP) is 1.58. The molecular formula is C8H9BrN2O. The Labute approximate surface area is 78.9 Å². The van der Waals surface area contributed by atoms with Crippen molar-refractivity contribution in [3.8, 4) is 0 Å². The van der Waals surface area contributed by atoms with Gasteiger partial charge in [0.2, 0.25) is 0 Å². The molecule has 0 unspecified atom stereocenters. The Hall–Kier alpha value is -0.900. The van der Waals surface area contributed by atoms with Crippen LogP contribution in [0.15, 0.2) is 33.9 Å². The number of hydrogen-bond donors (Lipinski definition) is 0. The maximum absolute atomic E-state index is 11.3. The minimum atomic E-state index is -0.0527. The van der Waals surface area contributed by atoms with E-state index in [0.29, 0.717) is 11.0 Å². The molecule has 12 heavy (non-hydrogen) atoms. The average molecular weight is 229 g/mol. The van der Waals surface area contributed by atoms with Gasteiger partial charge in [-0.15, -0.1) is 0 Å². The highest BCUT2D eigenvalue weighted by Gasteiger charge is 1.97. The van der Waals surface area contributed by atoms with Gasteiger partial charge in [-0.2, -0.15) is 0 Å². The lowest BCUT2D eigenvalue weighted by Gasteiger charge is -1.99. The van der Waals surface area contributed by atoms with Crippen molar-refractivity contribution in [3.05, 3.63) is 39.5 Å². The van der Waals surface area contributed by atoms with Crippen molar-refractivity contribution in [2.24, 2.45) is 0 Å². The molecule has 1 heterocycles. The van der Waals surface area contributed by atoms with E-state index in [1.54, 1.807) is 0 Å². The normalized spacial score (nSPS) is 10.8. The molecule has 0 atom stereocenters. The molecule has 0 aliphatic rings. The molecule has 0 N–H and O–H groups in total. The van der Waals surface area contributed by atoms with Crippen molar-refractivity contribution in [3.63, 3.8) is 0 Å². The van der Waals surface area contributed by atoms with Gasteiger partial charge >= 0.3 is 0 Å². The summed E-state index contributed by atoms with van der Waals surface area (Å²) in [5.74, 6) is 0. The van der Waals surface area contributed by atoms with Gasteiger partial charge in [-0.05, 0) is 22.9 Å². The molecule has 1 rings (SSSR count). The summed E-state index contributed by atoms with van der Waals surface area (Å²) in [6, 6.07) is 0. The van der Waals surface area contributed by atoms with Crippen molar-refractivity contribution < 1.29 is 0 Å². The monoisotopic (exact) mass is 228 g/mol. The SMILES string of the molecule is C/C=C/Cn1cncc(Br)c1=O. The smallest absolute Gasteiger partial charge is 0.267 e. The van der Waals surface area contributed by atoms with E-state index < -0.39 is 0 Å². The van der Waals surface area contributed by atoms with Crippen molar-refractivity contribution in [2.45, 2.75) is 13.5 Å². The summed E-state index contributed by atoms with van der Waals surface area (Å²) in [5, 5.41) is 0. The second-order valence-electron chi connectivity index (χ2n) is 2.27. The zero-order valence-corrected chi connectivity index (χ0v) is 8.28. The summed E-state index contributed by atoms with van der Waals surface area (Å²) in [7, 11) is 0. The molecular weight excluding hydrogens is 220 g/mol. The Morgan fingerprint density at radius 3 is 3.17 bits per heavy atom. The second kappa shape index (κ2) is 4.21. The summed E-state index contributed by atoms with van der Waals surface area (Å²) in [6.45, 7) is 2.48. The van der Waals surface area contributed by atoms with Crippen LogP contribution in [0.4, 0.5) is 0 Å². The number of aromatic nitrogens is 2. The van der Waals surface area contributed by atoms with Gasteiger partial charge in [0.15, 0.2) is 0 Å². The summed E-state index contributed by atoms with van der Waals surface area (Å²) >= 11 is 3.12. The average Bonchev–Trinajstić information content (AvgIpc) is 2.08. The van der Waals surface area contributed by atoms with Gasteiger partial charge < -0.3 is 0 Å². The van der Waals surface area contributed by atoms with Gasteiger partial charge in [0.05, 0.1) is 6.33 Å². The topological polar surface area (TPSA) is 34.9 Å². The van der Waals surface area contributed by atoms with Crippen LogP contribution in [0.3, 0.4) is 0 Å². The minimum Gasteiger partial charge on any atom is -0.294 e. The van der Waals surface area contributed by atoms with E-state index >= 15 is 0 Å². The van der Waals surface area contributed by atoms with E-state index in [1.165, 1.54) is 17.1 Å². The first-order valence-corrected chi connectivity index (χ1v) is 4.36. The van der Waals surface area contributed by atoms with Crippen LogP contribution in [0, 0.1) is 0 Å². The lowest BCUT2D eigenvalue weighted by Crippen LogP contribution is -2.19. The number of allylic oxidation sites excluding steroid dienone is 2. The first-order chi connectivity index (χ1) is 5.75. The first kappa shape index (κ1) is 9.19. The maximum Gasteiger partial charge on any atom is 0.267 e. The fraction of sp³-hybridized carbons (Fsp3) is 0.250. The highest BCUT2D eigenvalue weighted by Crippen LogP contribution is 1.97. The number of halogens is 1. The summed E-state index contributed by atoms with van der Waals surface area (Å²) in [6.07, 6.45) is 6.81. The Kier molecular flexibility index (Phi) is 3.22. The summed E-state index contributed by atoms with van der Waals surface area (Å²) in [4.78, 5) is 15.2. The van der Waals surface area contributed by atoms with Gasteiger partial charge in [0, 0.05) is 12.7 Å². The quantitative estimate of drug-likeness (QED) is 0.721. The molecule has 64 valence electrons. The first-order valence-electron chi connectivity index (χ1n) is 3.57. The summed E-state index contributed by atoms with van der Waals surface area (Å²) in [5.41, 5.74) is -0.0527. The van der Waals surface area contributed by atoms with E-state index in [1.807, 2.05) is 19.1 Å². The number of nitrogens with zero attached hydrogens (tertiary/aromatic N) is 2. The van der Waals surface area contributed by atoms with E-state index in [0.717, 1.165) is 0 Å². The highest BCUT2D eigenvalue weighted by molar-refractivity contribution is 9.10. The molecule has 4 heteroatoms. The van der Waals surface area contributed by atoms with Crippen molar-refractivity contribution >= 4 is 15.9 Å². The van der Waals surface area contributed by atoms with Crippen LogP contribution in [0.5, 0.6) is 0 Å². The van der Waals surface area contributed by atoms with Gasteiger partial charge in [0.25, 0.3) is 5.56 Å². The van der Waals surface area contributed by atoms with Gasteiger partial charge in [-0.25, -0.2) is 4.98 Å². The third-order valence-corrected chi connectivity index (χ3v) is 1.94. The van der Waals surface area contributed by atoms with Crippen LogP contribution in [0.25, 0.3) is 0 Å². The van der Waals surface area contributed by atoms with Crippen LogP contribution in [0.1, 0.15) is 6.92 Å². The van der Waals surface area contributed by atoms with Crippen molar-refractivity contribution in [2.75, 3.05) is 0 Å². The van der Waals surface area contributed by atoms with Gasteiger partial charge in [0.1, 0.15) is 4.47 Å². The maximum atomic E-state index is 11.3. The van der Waals surface area contributed by atoms with Crippen LogP contribution < -0.4 is 5.56 Å². The number of hydrogen-bond acceptors (Lipinski definition) is 2. The molecule has 0 bridgehead atoms. The molecule has 0 saturated carbocycles. The van der Waals surface area contributed by atoms with Crippen LogP contribution in [0.2, 0.25) is 0 Å². The molecule has 3 nitrogen and oxygen atoms in total. The Balaban J connectivity index is 3.00. The highest BCUT2D eigenvalue weighted by atomic mass is 79.9. The van der Waals surface area contributed by atoms with Crippen molar-refractivity contribution in [1.29, 1.82) is 0 Å². The molecule has 1 aromatic heterocycles. The Morgan fingerprint density at radius 2 is 2.50 bits per heavy atom. The molecule has 0 saturated heterocycles. The lowest BCUT2D eigenvalue weighted by molar-refractivity contribution is 0.747. The fourth-order valence-electron chi connectivity index (χ4n) is 0.773. The molecule has 0 aromatic carbocycles. The van der Waals surface area contributed by atoms with Crippen LogP contribution in [-0.2, 0) is 6.54 Å². The molecule has 0 aliphatic carbocycles.